The van der Waals surface area contributed by atoms with Crippen LogP contribution < -0.4 is 16.4 Å². The van der Waals surface area contributed by atoms with Crippen molar-refractivity contribution in [1.82, 2.24) is 15.5 Å². The number of guanidine groups is 1. The molecule has 0 radical (unpaired) electrons. The van der Waals surface area contributed by atoms with Gasteiger partial charge in [-0.05, 0) is 70.4 Å². The molecule has 1 amide bonds. The maximum atomic E-state index is 13.7. The second-order valence-electron chi connectivity index (χ2n) is 7.08. The van der Waals surface area contributed by atoms with E-state index in [1.807, 2.05) is 6.92 Å². The molecule has 29 heavy (non-hydrogen) atoms. The van der Waals surface area contributed by atoms with Crippen LogP contribution in [0.1, 0.15) is 38.2 Å². The molecule has 0 aliphatic carbocycles. The number of hydrogen-bond donors (Lipinski definition) is 3. The fourth-order valence-electron chi connectivity index (χ4n) is 3.28. The van der Waals surface area contributed by atoms with Gasteiger partial charge in [-0.3, -0.25) is 4.79 Å². The van der Waals surface area contributed by atoms with Crippen LogP contribution in [0, 0.1) is 17.6 Å². The minimum absolute atomic E-state index is 0. The van der Waals surface area contributed by atoms with Crippen LogP contribution in [0.2, 0.25) is 0 Å². The topological polar surface area (TPSA) is 82.8 Å². The molecule has 0 aromatic heterocycles. The van der Waals surface area contributed by atoms with Crippen molar-refractivity contribution in [3.63, 3.8) is 0 Å². The van der Waals surface area contributed by atoms with Gasteiger partial charge in [0, 0.05) is 24.6 Å². The number of nitrogens with one attached hydrogen (secondary N) is 2. The molecule has 164 valence electrons. The van der Waals surface area contributed by atoms with Crippen molar-refractivity contribution in [1.29, 1.82) is 0 Å². The quantitative estimate of drug-likeness (QED) is 0.201. The molecule has 6 nitrogen and oxygen atoms in total. The fourth-order valence-corrected chi connectivity index (χ4v) is 3.28. The van der Waals surface area contributed by atoms with Gasteiger partial charge in [-0.2, -0.15) is 0 Å². The second kappa shape index (κ2) is 13.7. The van der Waals surface area contributed by atoms with Crippen LogP contribution in [-0.4, -0.2) is 49.5 Å². The number of halogens is 3. The molecule has 0 unspecified atom stereocenters. The number of rotatable bonds is 9. The number of unbranched alkanes of at least 4 members (excludes halogenated alkanes) is 1. The fraction of sp³-hybridized carbons (Fsp3) is 0.600. The number of primary amides is 1. The first-order valence-electron chi connectivity index (χ1n) is 9.97. The summed E-state index contributed by atoms with van der Waals surface area (Å²) >= 11 is 0. The Morgan fingerprint density at radius 2 is 1.97 bits per heavy atom. The molecule has 0 spiro atoms. The lowest BCUT2D eigenvalue weighted by Gasteiger charge is -2.30. The van der Waals surface area contributed by atoms with Crippen LogP contribution in [0.5, 0.6) is 0 Å². The van der Waals surface area contributed by atoms with Crippen LogP contribution in [0.3, 0.4) is 0 Å². The molecule has 9 heteroatoms. The van der Waals surface area contributed by atoms with E-state index in [4.69, 9.17) is 5.73 Å². The average molecular weight is 523 g/mol. The zero-order valence-corrected chi connectivity index (χ0v) is 19.3. The number of carbonyl (C=O) groups is 1. The Balaban J connectivity index is 0.00000420. The monoisotopic (exact) mass is 523 g/mol. The highest BCUT2D eigenvalue weighted by molar-refractivity contribution is 14.0. The molecule has 1 aliphatic rings. The summed E-state index contributed by atoms with van der Waals surface area (Å²) in [6.07, 6.45) is 3.70. The predicted molar refractivity (Wildman–Crippen MR) is 122 cm³/mol. The molecule has 0 atom stereocenters. The zero-order valence-electron chi connectivity index (χ0n) is 16.9. The van der Waals surface area contributed by atoms with Gasteiger partial charge in [0.05, 0.1) is 6.54 Å². The molecular weight excluding hydrogens is 491 g/mol. The summed E-state index contributed by atoms with van der Waals surface area (Å²) in [7, 11) is 0. The van der Waals surface area contributed by atoms with Crippen molar-refractivity contribution in [2.24, 2.45) is 16.6 Å². The number of likely N-dealkylation sites (tertiary alicyclic amines) is 1. The van der Waals surface area contributed by atoms with E-state index >= 15 is 0 Å². The van der Waals surface area contributed by atoms with Gasteiger partial charge in [0.1, 0.15) is 11.6 Å². The Bertz CT molecular complexity index is 666. The molecule has 1 aliphatic heterocycles. The first-order valence-corrected chi connectivity index (χ1v) is 9.97. The largest absolute Gasteiger partial charge is 0.369 e. The SMILES string of the molecule is CCNC(=NCc1cc(F)ccc1F)NCCCCN1CCC(C(N)=O)CC1.I. The minimum atomic E-state index is -0.468. The summed E-state index contributed by atoms with van der Waals surface area (Å²) in [5.41, 5.74) is 5.59. The van der Waals surface area contributed by atoms with Gasteiger partial charge in [-0.15, -0.1) is 24.0 Å². The number of nitrogens with zero attached hydrogens (tertiary/aromatic N) is 2. The maximum absolute atomic E-state index is 13.7. The molecule has 4 N–H and O–H groups in total. The minimum Gasteiger partial charge on any atom is -0.369 e. The highest BCUT2D eigenvalue weighted by Gasteiger charge is 2.22. The van der Waals surface area contributed by atoms with E-state index < -0.39 is 11.6 Å². The van der Waals surface area contributed by atoms with Gasteiger partial charge in [0.2, 0.25) is 5.91 Å². The second-order valence-corrected chi connectivity index (χ2v) is 7.08. The average Bonchev–Trinajstić information content (AvgIpc) is 2.68. The summed E-state index contributed by atoms with van der Waals surface area (Å²) in [6.45, 7) is 6.30. The lowest BCUT2D eigenvalue weighted by molar-refractivity contribution is -0.123. The van der Waals surface area contributed by atoms with E-state index in [1.54, 1.807) is 0 Å². The molecule has 1 heterocycles. The van der Waals surface area contributed by atoms with Gasteiger partial charge in [-0.1, -0.05) is 0 Å². The van der Waals surface area contributed by atoms with E-state index in [2.05, 4.69) is 20.5 Å². The van der Waals surface area contributed by atoms with Gasteiger partial charge < -0.3 is 21.3 Å². The summed E-state index contributed by atoms with van der Waals surface area (Å²) in [6, 6.07) is 3.39. The Morgan fingerprint density at radius 1 is 1.24 bits per heavy atom. The molecule has 2 rings (SSSR count). The summed E-state index contributed by atoms with van der Waals surface area (Å²) in [5, 5.41) is 6.34. The Morgan fingerprint density at radius 3 is 2.62 bits per heavy atom. The maximum Gasteiger partial charge on any atom is 0.220 e. The normalized spacial score (nSPS) is 15.6. The number of hydrogen-bond acceptors (Lipinski definition) is 3. The summed E-state index contributed by atoms with van der Waals surface area (Å²) < 4.78 is 26.9. The lowest BCUT2D eigenvalue weighted by atomic mass is 9.96. The third-order valence-electron chi connectivity index (χ3n) is 4.94. The number of piperidine rings is 1. The van der Waals surface area contributed by atoms with E-state index in [0.29, 0.717) is 12.5 Å². The number of amides is 1. The third kappa shape index (κ3) is 9.24. The first-order chi connectivity index (χ1) is 13.5. The van der Waals surface area contributed by atoms with Gasteiger partial charge in [0.15, 0.2) is 5.96 Å². The zero-order chi connectivity index (χ0) is 20.4. The van der Waals surface area contributed by atoms with Crippen LogP contribution >= 0.6 is 24.0 Å². The highest BCUT2D eigenvalue weighted by atomic mass is 127. The van der Waals surface area contributed by atoms with Crippen molar-refractivity contribution in [3.05, 3.63) is 35.4 Å². The molecule has 1 fully saturated rings. The standard InChI is InChI=1S/C20H31F2N5O.HI/c1-2-24-20(26-14-16-13-17(21)5-6-18(16)22)25-9-3-4-10-27-11-7-15(8-12-27)19(23)28;/h5-6,13,15H,2-4,7-12,14H2,1H3,(H2,23,28)(H2,24,25,26);1H. The highest BCUT2D eigenvalue weighted by Crippen LogP contribution is 2.16. The molecule has 0 saturated carbocycles. The van der Waals surface area contributed by atoms with Crippen LogP contribution in [0.15, 0.2) is 23.2 Å². The van der Waals surface area contributed by atoms with E-state index in [0.717, 1.165) is 64.0 Å². The molecule has 1 aromatic carbocycles. The van der Waals surface area contributed by atoms with E-state index in [9.17, 15) is 13.6 Å². The Kier molecular flexibility index (Phi) is 12.1. The van der Waals surface area contributed by atoms with Crippen molar-refractivity contribution < 1.29 is 13.6 Å². The third-order valence-corrected chi connectivity index (χ3v) is 4.94. The van der Waals surface area contributed by atoms with Crippen molar-refractivity contribution >= 4 is 35.8 Å². The van der Waals surface area contributed by atoms with Crippen LogP contribution in [0.4, 0.5) is 8.78 Å². The number of nitrogens with two attached hydrogens (primary N) is 1. The van der Waals surface area contributed by atoms with Crippen LogP contribution in [0.25, 0.3) is 0 Å². The van der Waals surface area contributed by atoms with Crippen molar-refractivity contribution in [2.45, 2.75) is 39.2 Å². The molecule has 1 aromatic rings. The lowest BCUT2D eigenvalue weighted by Crippen LogP contribution is -2.39. The molecular formula is C20H32F2IN5O. The molecule has 0 bridgehead atoms. The number of carbonyl (C=O) groups excluding carboxylic acids is 1. The van der Waals surface area contributed by atoms with Gasteiger partial charge in [-0.25, -0.2) is 13.8 Å². The van der Waals surface area contributed by atoms with E-state index in [1.165, 1.54) is 6.07 Å². The Hall–Kier alpha value is -1.49. The number of benzene rings is 1. The molecule has 1 saturated heterocycles. The predicted octanol–water partition coefficient (Wildman–Crippen LogP) is 2.62. The Labute approximate surface area is 188 Å². The number of aliphatic imine (C=N–C) groups is 1. The van der Waals surface area contributed by atoms with Crippen molar-refractivity contribution in [2.75, 3.05) is 32.7 Å². The summed E-state index contributed by atoms with van der Waals surface area (Å²) in [4.78, 5) is 17.9. The van der Waals surface area contributed by atoms with Crippen molar-refractivity contribution in [3.8, 4) is 0 Å². The van der Waals surface area contributed by atoms with Gasteiger partial charge >= 0.3 is 0 Å². The summed E-state index contributed by atoms with van der Waals surface area (Å²) in [5.74, 6) is -0.490. The van der Waals surface area contributed by atoms with E-state index in [-0.39, 0.29) is 47.9 Å². The first kappa shape index (κ1) is 25.5. The van der Waals surface area contributed by atoms with Gasteiger partial charge in [0.25, 0.3) is 0 Å². The van der Waals surface area contributed by atoms with Crippen LogP contribution in [-0.2, 0) is 11.3 Å². The smallest absolute Gasteiger partial charge is 0.220 e.